The van der Waals surface area contributed by atoms with Crippen molar-refractivity contribution in [1.82, 2.24) is 10.6 Å². The predicted molar refractivity (Wildman–Crippen MR) is 61.2 cm³/mol. The number of amides is 1. The molecule has 17 heavy (non-hydrogen) atoms. The van der Waals surface area contributed by atoms with Gasteiger partial charge in [0.15, 0.2) is 0 Å². The Balaban J connectivity index is 0.00000256. The molecule has 0 bridgehead atoms. The number of hydrogen-bond acceptors (Lipinski definition) is 2. The van der Waals surface area contributed by atoms with Crippen molar-refractivity contribution in [1.29, 1.82) is 0 Å². The van der Waals surface area contributed by atoms with Gasteiger partial charge in [-0.1, -0.05) is 0 Å². The van der Waals surface area contributed by atoms with Crippen molar-refractivity contribution < 1.29 is 18.0 Å². The molecule has 0 aliphatic carbocycles. The van der Waals surface area contributed by atoms with Gasteiger partial charge in [0.25, 0.3) is 0 Å². The number of halogens is 4. The zero-order chi connectivity index (χ0) is 12.0. The van der Waals surface area contributed by atoms with Gasteiger partial charge in [-0.3, -0.25) is 4.79 Å². The number of nitrogens with one attached hydrogen (secondary N) is 2. The van der Waals surface area contributed by atoms with Gasteiger partial charge in [0.1, 0.15) is 0 Å². The van der Waals surface area contributed by atoms with Gasteiger partial charge in [-0.2, -0.15) is 13.2 Å². The summed E-state index contributed by atoms with van der Waals surface area (Å²) in [6, 6.07) is 0.197. The molecule has 3 nitrogen and oxygen atoms in total. The number of hydrogen-bond donors (Lipinski definition) is 2. The van der Waals surface area contributed by atoms with E-state index in [2.05, 4.69) is 10.6 Å². The molecule has 0 saturated carbocycles. The molecule has 1 aliphatic rings. The number of carbonyl (C=O) groups is 1. The summed E-state index contributed by atoms with van der Waals surface area (Å²) in [7, 11) is 0. The monoisotopic (exact) mass is 274 g/mol. The van der Waals surface area contributed by atoms with E-state index in [0.29, 0.717) is 6.42 Å². The highest BCUT2D eigenvalue weighted by Crippen LogP contribution is 2.20. The van der Waals surface area contributed by atoms with E-state index in [-0.39, 0.29) is 37.3 Å². The fraction of sp³-hybridized carbons (Fsp3) is 0.900. The summed E-state index contributed by atoms with van der Waals surface area (Å²) in [5, 5.41) is 5.66. The summed E-state index contributed by atoms with van der Waals surface area (Å²) in [5.74, 6) is -0.165. The molecule has 1 amide bonds. The molecule has 1 rings (SSSR count). The summed E-state index contributed by atoms with van der Waals surface area (Å²) in [6.07, 6.45) is -2.62. The van der Waals surface area contributed by atoms with Crippen molar-refractivity contribution in [2.75, 3.05) is 13.1 Å². The van der Waals surface area contributed by atoms with Crippen molar-refractivity contribution in [3.05, 3.63) is 0 Å². The number of rotatable bonds is 5. The molecule has 0 aromatic carbocycles. The van der Waals surface area contributed by atoms with Gasteiger partial charge in [-0.25, -0.2) is 0 Å². The predicted octanol–water partition coefficient (Wildman–Crippen LogP) is 2.01. The van der Waals surface area contributed by atoms with Crippen LogP contribution in [0.15, 0.2) is 0 Å². The van der Waals surface area contributed by atoms with E-state index in [0.717, 1.165) is 19.4 Å². The molecule has 0 radical (unpaired) electrons. The third-order valence-corrected chi connectivity index (χ3v) is 2.55. The Morgan fingerprint density at radius 3 is 2.65 bits per heavy atom. The normalized spacial score (nSPS) is 19.8. The van der Waals surface area contributed by atoms with Crippen molar-refractivity contribution in [2.24, 2.45) is 0 Å². The van der Waals surface area contributed by atoms with Gasteiger partial charge in [0.2, 0.25) is 5.91 Å². The van der Waals surface area contributed by atoms with E-state index in [9.17, 15) is 18.0 Å². The highest BCUT2D eigenvalue weighted by atomic mass is 35.5. The Hall–Kier alpha value is -0.490. The molecule has 102 valence electrons. The van der Waals surface area contributed by atoms with Crippen LogP contribution in [0.4, 0.5) is 13.2 Å². The first-order valence-electron chi connectivity index (χ1n) is 5.54. The zero-order valence-corrected chi connectivity index (χ0v) is 10.3. The Morgan fingerprint density at radius 1 is 1.41 bits per heavy atom. The highest BCUT2D eigenvalue weighted by Gasteiger charge is 2.26. The minimum absolute atomic E-state index is 0. The van der Waals surface area contributed by atoms with Crippen LogP contribution in [0.3, 0.4) is 0 Å². The van der Waals surface area contributed by atoms with Crippen molar-refractivity contribution in [3.8, 4) is 0 Å². The maximum absolute atomic E-state index is 11.8. The Bertz CT molecular complexity index is 230. The van der Waals surface area contributed by atoms with E-state index in [1.54, 1.807) is 0 Å². The lowest BCUT2D eigenvalue weighted by molar-refractivity contribution is -0.136. The Kier molecular flexibility index (Phi) is 7.54. The van der Waals surface area contributed by atoms with Gasteiger partial charge in [-0.15, -0.1) is 12.4 Å². The maximum Gasteiger partial charge on any atom is 0.389 e. The lowest BCUT2D eigenvalue weighted by Gasteiger charge is -2.10. The van der Waals surface area contributed by atoms with E-state index in [1.807, 2.05) is 0 Å². The van der Waals surface area contributed by atoms with Crippen molar-refractivity contribution in [3.63, 3.8) is 0 Å². The second kappa shape index (κ2) is 7.76. The van der Waals surface area contributed by atoms with Gasteiger partial charge in [0, 0.05) is 25.4 Å². The highest BCUT2D eigenvalue weighted by molar-refractivity contribution is 5.85. The lowest BCUT2D eigenvalue weighted by atomic mass is 10.1. The summed E-state index contributed by atoms with van der Waals surface area (Å²) < 4.78 is 35.4. The van der Waals surface area contributed by atoms with Crippen LogP contribution in [0.1, 0.15) is 32.1 Å². The standard InChI is InChI=1S/C10H17F3N2O.ClH/c11-10(12,13)4-2-6-15-9(16)7-8-3-1-5-14-8;/h8,14H,1-7H2,(H,15,16);1H. The lowest BCUT2D eigenvalue weighted by Crippen LogP contribution is -2.32. The maximum atomic E-state index is 11.8. The molecule has 0 aromatic rings. The number of carbonyl (C=O) groups excluding carboxylic acids is 1. The third kappa shape index (κ3) is 8.26. The van der Waals surface area contributed by atoms with Gasteiger partial charge in [-0.05, 0) is 25.8 Å². The van der Waals surface area contributed by atoms with Crippen LogP contribution < -0.4 is 10.6 Å². The van der Waals surface area contributed by atoms with Crippen molar-refractivity contribution in [2.45, 2.75) is 44.3 Å². The smallest absolute Gasteiger partial charge is 0.356 e. The molecule has 1 unspecified atom stereocenters. The third-order valence-electron chi connectivity index (χ3n) is 2.55. The average molecular weight is 275 g/mol. The fourth-order valence-corrected chi connectivity index (χ4v) is 1.74. The molecule has 0 aromatic heterocycles. The zero-order valence-electron chi connectivity index (χ0n) is 9.48. The summed E-state index contributed by atoms with van der Waals surface area (Å²) in [5.41, 5.74) is 0. The minimum atomic E-state index is -4.13. The molecule has 1 aliphatic heterocycles. The fourth-order valence-electron chi connectivity index (χ4n) is 1.74. The molecule has 1 saturated heterocycles. The van der Waals surface area contributed by atoms with Gasteiger partial charge in [0.05, 0.1) is 0 Å². The molecule has 1 atom stereocenters. The van der Waals surface area contributed by atoms with Crippen LogP contribution in [-0.4, -0.2) is 31.2 Å². The summed E-state index contributed by atoms with van der Waals surface area (Å²) in [4.78, 5) is 11.3. The summed E-state index contributed by atoms with van der Waals surface area (Å²) >= 11 is 0. The van der Waals surface area contributed by atoms with Crippen LogP contribution in [0.2, 0.25) is 0 Å². The average Bonchev–Trinajstić information content (AvgIpc) is 2.63. The molecule has 1 heterocycles. The van der Waals surface area contributed by atoms with E-state index >= 15 is 0 Å². The molecule has 2 N–H and O–H groups in total. The molecular formula is C10H18ClF3N2O. The van der Waals surface area contributed by atoms with Gasteiger partial charge < -0.3 is 10.6 Å². The van der Waals surface area contributed by atoms with Crippen LogP contribution >= 0.6 is 12.4 Å². The van der Waals surface area contributed by atoms with Crippen LogP contribution in [0.25, 0.3) is 0 Å². The van der Waals surface area contributed by atoms with E-state index in [4.69, 9.17) is 0 Å². The first-order valence-corrected chi connectivity index (χ1v) is 5.54. The van der Waals surface area contributed by atoms with Crippen LogP contribution in [0, 0.1) is 0 Å². The first kappa shape index (κ1) is 16.5. The molecule has 7 heteroatoms. The number of alkyl halides is 3. The molecule has 0 spiro atoms. The quantitative estimate of drug-likeness (QED) is 0.753. The van der Waals surface area contributed by atoms with E-state index < -0.39 is 12.6 Å². The van der Waals surface area contributed by atoms with Crippen LogP contribution in [0.5, 0.6) is 0 Å². The second-order valence-electron chi connectivity index (χ2n) is 4.07. The Morgan fingerprint density at radius 2 is 2.12 bits per heavy atom. The topological polar surface area (TPSA) is 41.1 Å². The van der Waals surface area contributed by atoms with Crippen molar-refractivity contribution >= 4 is 18.3 Å². The largest absolute Gasteiger partial charge is 0.389 e. The second-order valence-corrected chi connectivity index (χ2v) is 4.07. The SMILES string of the molecule is Cl.O=C(CC1CCCN1)NCCCC(F)(F)F. The van der Waals surface area contributed by atoms with Crippen LogP contribution in [-0.2, 0) is 4.79 Å². The molecule has 1 fully saturated rings. The Labute approximate surface area is 105 Å². The van der Waals surface area contributed by atoms with Gasteiger partial charge >= 0.3 is 6.18 Å². The molecular weight excluding hydrogens is 257 g/mol. The summed E-state index contributed by atoms with van der Waals surface area (Å²) in [6.45, 7) is 1.02. The van der Waals surface area contributed by atoms with E-state index in [1.165, 1.54) is 0 Å². The minimum Gasteiger partial charge on any atom is -0.356 e. The first-order chi connectivity index (χ1) is 7.47.